The number of hydrogen-bond donors (Lipinski definition) is 0. The van der Waals surface area contributed by atoms with Gasteiger partial charge in [0.25, 0.3) is 0 Å². The highest BCUT2D eigenvalue weighted by Crippen LogP contribution is 2.22. The molecule has 0 spiro atoms. The first kappa shape index (κ1) is 27.4. The molecule has 0 heterocycles. The molecule has 3 aromatic rings. The number of unbranched alkanes of at least 4 members (excludes halogenated alkanes) is 5. The quantitative estimate of drug-likeness (QED) is 0.131. The Bertz CT molecular complexity index is 1080. The predicted octanol–water partition coefficient (Wildman–Crippen LogP) is 8.64. The Morgan fingerprint density at radius 2 is 1.08 bits per heavy atom. The number of esters is 1. The average molecular weight is 485 g/mol. The van der Waals surface area contributed by atoms with Crippen LogP contribution >= 0.6 is 0 Å². The Balaban J connectivity index is 1.52. The molecule has 190 valence electrons. The highest BCUT2D eigenvalue weighted by Gasteiger charge is 2.20. The second-order valence-electron chi connectivity index (χ2n) is 9.65. The van der Waals surface area contributed by atoms with Gasteiger partial charge in [-0.3, -0.25) is 4.79 Å². The summed E-state index contributed by atoms with van der Waals surface area (Å²) in [5, 5.41) is 0. The largest absolute Gasteiger partial charge is 0.451 e. The van der Waals surface area contributed by atoms with Gasteiger partial charge in [0.05, 0.1) is 5.56 Å². The van der Waals surface area contributed by atoms with Crippen LogP contribution in [0.15, 0.2) is 72.8 Å². The molecule has 0 saturated carbocycles. The van der Waals surface area contributed by atoms with Crippen LogP contribution in [0, 0.1) is 0 Å². The van der Waals surface area contributed by atoms with E-state index in [1.165, 1.54) is 43.2 Å². The topological polar surface area (TPSA) is 43.4 Å². The lowest BCUT2D eigenvalue weighted by atomic mass is 10.00. The van der Waals surface area contributed by atoms with Crippen molar-refractivity contribution < 1.29 is 14.3 Å². The lowest BCUT2D eigenvalue weighted by Gasteiger charge is -2.13. The van der Waals surface area contributed by atoms with Crippen LogP contribution in [0.2, 0.25) is 0 Å². The van der Waals surface area contributed by atoms with Crippen molar-refractivity contribution in [2.45, 2.75) is 84.7 Å². The highest BCUT2D eigenvalue weighted by molar-refractivity contribution is 6.01. The van der Waals surface area contributed by atoms with E-state index in [0.29, 0.717) is 11.1 Å². The first-order chi connectivity index (χ1) is 17.5. The summed E-state index contributed by atoms with van der Waals surface area (Å²) in [4.78, 5) is 25.4. The predicted molar refractivity (Wildman–Crippen MR) is 149 cm³/mol. The lowest BCUT2D eigenvalue weighted by Crippen LogP contribution is -2.24. The molecule has 0 aromatic heterocycles. The number of hydrogen-bond acceptors (Lipinski definition) is 3. The van der Waals surface area contributed by atoms with Crippen LogP contribution < -0.4 is 0 Å². The van der Waals surface area contributed by atoms with Crippen molar-refractivity contribution in [1.29, 1.82) is 0 Å². The molecule has 3 heteroatoms. The van der Waals surface area contributed by atoms with Crippen molar-refractivity contribution in [3.05, 3.63) is 95.1 Å². The van der Waals surface area contributed by atoms with Gasteiger partial charge in [-0.15, -0.1) is 0 Å². The van der Waals surface area contributed by atoms with Crippen molar-refractivity contribution in [1.82, 2.24) is 0 Å². The highest BCUT2D eigenvalue weighted by atomic mass is 16.5. The third-order valence-corrected chi connectivity index (χ3v) is 6.69. The van der Waals surface area contributed by atoms with Crippen molar-refractivity contribution in [2.24, 2.45) is 0 Å². The number of ketones is 1. The number of rotatable bonds is 14. The van der Waals surface area contributed by atoms with E-state index in [2.05, 4.69) is 38.1 Å². The molecule has 1 unspecified atom stereocenters. The Labute approximate surface area is 216 Å². The molecule has 0 bridgehead atoms. The second-order valence-corrected chi connectivity index (χ2v) is 9.65. The summed E-state index contributed by atoms with van der Waals surface area (Å²) in [5.41, 5.74) is 5.76. The number of carbonyl (C=O) groups excluding carboxylic acids is 2. The zero-order valence-corrected chi connectivity index (χ0v) is 22.1. The molecular formula is C33H40O3. The SMILES string of the molecule is CCCCCCCc1ccc(-c2ccc(C(=O)OC(C)C(=O)c3ccc(CCCC)cc3)cc2)cc1. The maximum Gasteiger partial charge on any atom is 0.338 e. The Hall–Kier alpha value is -3.20. The van der Waals surface area contributed by atoms with E-state index in [9.17, 15) is 9.59 Å². The van der Waals surface area contributed by atoms with E-state index in [1.807, 2.05) is 36.4 Å². The summed E-state index contributed by atoms with van der Waals surface area (Å²) in [7, 11) is 0. The number of aryl methyl sites for hydroxylation is 2. The van der Waals surface area contributed by atoms with E-state index in [0.717, 1.165) is 36.8 Å². The number of benzene rings is 3. The van der Waals surface area contributed by atoms with E-state index in [-0.39, 0.29) is 5.78 Å². The number of ether oxygens (including phenoxy) is 1. The summed E-state index contributed by atoms with van der Waals surface area (Å²) >= 11 is 0. The molecule has 0 radical (unpaired) electrons. The van der Waals surface area contributed by atoms with Crippen molar-refractivity contribution in [3.63, 3.8) is 0 Å². The van der Waals surface area contributed by atoms with Crippen LogP contribution in [0.3, 0.4) is 0 Å². The third kappa shape index (κ3) is 8.19. The normalized spacial score (nSPS) is 11.8. The summed E-state index contributed by atoms with van der Waals surface area (Å²) in [6.07, 6.45) is 10.0. The molecule has 0 aliphatic carbocycles. The van der Waals surface area contributed by atoms with Crippen LogP contribution in [-0.4, -0.2) is 17.9 Å². The minimum Gasteiger partial charge on any atom is -0.451 e. The summed E-state index contributed by atoms with van der Waals surface area (Å²) in [5.74, 6) is -0.673. The summed E-state index contributed by atoms with van der Waals surface area (Å²) in [6, 6.07) is 23.7. The molecule has 0 aliphatic rings. The summed E-state index contributed by atoms with van der Waals surface area (Å²) < 4.78 is 5.48. The van der Waals surface area contributed by atoms with Crippen molar-refractivity contribution in [2.75, 3.05) is 0 Å². The molecule has 0 aliphatic heterocycles. The number of carbonyl (C=O) groups is 2. The van der Waals surface area contributed by atoms with Crippen LogP contribution in [0.1, 0.15) is 97.6 Å². The van der Waals surface area contributed by atoms with E-state index in [4.69, 9.17) is 4.74 Å². The van der Waals surface area contributed by atoms with E-state index in [1.54, 1.807) is 19.1 Å². The zero-order valence-electron chi connectivity index (χ0n) is 22.1. The Morgan fingerprint density at radius 3 is 1.67 bits per heavy atom. The van der Waals surface area contributed by atoms with Crippen LogP contribution in [0.25, 0.3) is 11.1 Å². The fourth-order valence-corrected chi connectivity index (χ4v) is 4.33. The van der Waals surface area contributed by atoms with Crippen molar-refractivity contribution in [3.8, 4) is 11.1 Å². The van der Waals surface area contributed by atoms with Gasteiger partial charge in [-0.05, 0) is 67.0 Å². The van der Waals surface area contributed by atoms with E-state index >= 15 is 0 Å². The van der Waals surface area contributed by atoms with Gasteiger partial charge in [0, 0.05) is 5.56 Å². The van der Waals surface area contributed by atoms with Gasteiger partial charge in [0.1, 0.15) is 0 Å². The standard InChI is InChI=1S/C33H40O3/c1-4-6-8-9-10-12-27-13-17-28(18-14-27)29-21-23-31(24-22-29)33(35)36-25(3)32(34)30-19-15-26(16-20-30)11-7-5-2/h13-25H,4-12H2,1-3H3. The molecule has 1 atom stereocenters. The Morgan fingerprint density at radius 1 is 0.611 bits per heavy atom. The molecule has 0 amide bonds. The third-order valence-electron chi connectivity index (χ3n) is 6.69. The fourth-order valence-electron chi connectivity index (χ4n) is 4.33. The molecule has 0 saturated heterocycles. The first-order valence-electron chi connectivity index (χ1n) is 13.5. The fraction of sp³-hybridized carbons (Fsp3) is 0.394. The van der Waals surface area contributed by atoms with Crippen LogP contribution in [0.4, 0.5) is 0 Å². The van der Waals surface area contributed by atoms with Gasteiger partial charge in [0.15, 0.2) is 6.10 Å². The molecule has 3 aromatic carbocycles. The van der Waals surface area contributed by atoms with Gasteiger partial charge in [-0.1, -0.05) is 107 Å². The molecule has 36 heavy (non-hydrogen) atoms. The smallest absolute Gasteiger partial charge is 0.338 e. The second kappa shape index (κ2) is 14.4. The maximum atomic E-state index is 12.7. The number of Topliss-reactive ketones (excluding diaryl/α,β-unsaturated/α-hetero) is 1. The first-order valence-corrected chi connectivity index (χ1v) is 13.5. The minimum absolute atomic E-state index is 0.188. The molecular weight excluding hydrogens is 444 g/mol. The van der Waals surface area contributed by atoms with Gasteiger partial charge in [-0.25, -0.2) is 4.79 Å². The van der Waals surface area contributed by atoms with Gasteiger partial charge >= 0.3 is 5.97 Å². The molecule has 3 nitrogen and oxygen atoms in total. The Kier molecular flexibility index (Phi) is 10.9. The average Bonchev–Trinajstić information content (AvgIpc) is 2.92. The maximum absolute atomic E-state index is 12.7. The van der Waals surface area contributed by atoms with Gasteiger partial charge < -0.3 is 4.74 Å². The molecule has 3 rings (SSSR count). The van der Waals surface area contributed by atoms with Crippen molar-refractivity contribution >= 4 is 11.8 Å². The van der Waals surface area contributed by atoms with Crippen LogP contribution in [0.5, 0.6) is 0 Å². The molecule has 0 N–H and O–H groups in total. The van der Waals surface area contributed by atoms with Gasteiger partial charge in [-0.2, -0.15) is 0 Å². The lowest BCUT2D eigenvalue weighted by molar-refractivity contribution is 0.0319. The zero-order chi connectivity index (χ0) is 25.8. The monoisotopic (exact) mass is 484 g/mol. The van der Waals surface area contributed by atoms with Gasteiger partial charge in [0.2, 0.25) is 5.78 Å². The minimum atomic E-state index is -0.840. The van der Waals surface area contributed by atoms with E-state index < -0.39 is 12.1 Å². The summed E-state index contributed by atoms with van der Waals surface area (Å²) in [6.45, 7) is 6.03. The molecule has 0 fully saturated rings. The van der Waals surface area contributed by atoms with Crippen LogP contribution in [-0.2, 0) is 17.6 Å².